The van der Waals surface area contributed by atoms with Crippen LogP contribution in [0.4, 0.5) is 5.95 Å². The van der Waals surface area contributed by atoms with Gasteiger partial charge in [0.2, 0.25) is 5.95 Å². The highest BCUT2D eigenvalue weighted by Crippen LogP contribution is 1.98. The number of hydrogen-bond donors (Lipinski definition) is 1. The minimum atomic E-state index is 0.0625. The fraction of sp³-hybridized carbons (Fsp3) is 0. The molecule has 0 aliphatic heterocycles. The maximum atomic E-state index is 10.2. The number of nitrogens with zero attached hydrogens (tertiary/aromatic N) is 3. The number of aldehydes is 1. The molecule has 13 heavy (non-hydrogen) atoms. The van der Waals surface area contributed by atoms with Crippen molar-refractivity contribution < 1.29 is 9.90 Å². The van der Waals surface area contributed by atoms with Gasteiger partial charge < -0.3 is 5.11 Å². The van der Waals surface area contributed by atoms with Gasteiger partial charge in [-0.15, -0.1) is 0 Å². The number of rotatable bonds is 3. The van der Waals surface area contributed by atoms with Crippen molar-refractivity contribution in [1.29, 1.82) is 0 Å². The van der Waals surface area contributed by atoms with Crippen molar-refractivity contribution in [2.45, 2.75) is 0 Å². The molecule has 0 radical (unpaired) electrons. The normalized spacial score (nSPS) is 11.8. The Labute approximate surface area is 74.5 Å². The zero-order chi connectivity index (χ0) is 9.52. The molecular weight excluding hydrogens is 170 g/mol. The van der Waals surface area contributed by atoms with Gasteiger partial charge in [0, 0.05) is 18.6 Å². The lowest BCUT2D eigenvalue weighted by Gasteiger charge is -1.88. The molecule has 0 aliphatic carbocycles. The third-order valence-corrected chi connectivity index (χ3v) is 1.17. The maximum Gasteiger partial charge on any atom is 0.249 e. The number of carbonyl (C=O) groups is 1. The van der Waals surface area contributed by atoms with E-state index in [1.54, 1.807) is 6.07 Å². The highest BCUT2D eigenvalue weighted by molar-refractivity contribution is 6.01. The van der Waals surface area contributed by atoms with Crippen molar-refractivity contribution >= 4 is 18.4 Å². The Morgan fingerprint density at radius 3 is 2.69 bits per heavy atom. The van der Waals surface area contributed by atoms with E-state index in [1.807, 2.05) is 0 Å². The second-order valence-corrected chi connectivity index (χ2v) is 2.05. The number of aliphatic hydroxyl groups excluding tert-OH is 1. The molecule has 1 aromatic heterocycles. The van der Waals surface area contributed by atoms with E-state index in [-0.39, 0.29) is 11.5 Å². The van der Waals surface area contributed by atoms with Crippen LogP contribution >= 0.6 is 0 Å². The van der Waals surface area contributed by atoms with Gasteiger partial charge in [0.15, 0.2) is 6.29 Å². The molecule has 0 saturated heterocycles. The molecule has 0 amide bonds. The van der Waals surface area contributed by atoms with Crippen molar-refractivity contribution in [2.24, 2.45) is 4.99 Å². The maximum absolute atomic E-state index is 10.2. The summed E-state index contributed by atoms with van der Waals surface area (Å²) in [5.41, 5.74) is 0.0625. The molecule has 0 fully saturated rings. The number of aliphatic hydroxyl groups is 1. The van der Waals surface area contributed by atoms with Gasteiger partial charge in [-0.25, -0.2) is 15.0 Å². The van der Waals surface area contributed by atoms with Crippen LogP contribution < -0.4 is 0 Å². The van der Waals surface area contributed by atoms with E-state index in [2.05, 4.69) is 15.0 Å². The van der Waals surface area contributed by atoms with Crippen LogP contribution in [0.5, 0.6) is 0 Å². The zero-order valence-corrected chi connectivity index (χ0v) is 6.66. The average molecular weight is 177 g/mol. The van der Waals surface area contributed by atoms with Gasteiger partial charge >= 0.3 is 0 Å². The Kier molecular flexibility index (Phi) is 3.31. The summed E-state index contributed by atoms with van der Waals surface area (Å²) in [5, 5.41) is 8.48. The molecule has 1 N–H and O–H groups in total. The molecule has 0 saturated carbocycles. The molecule has 66 valence electrons. The molecule has 5 heteroatoms. The molecular formula is C8H7N3O2. The Morgan fingerprint density at radius 2 is 2.15 bits per heavy atom. The van der Waals surface area contributed by atoms with Crippen LogP contribution in [-0.4, -0.2) is 27.6 Å². The van der Waals surface area contributed by atoms with Gasteiger partial charge in [-0.05, 0) is 6.07 Å². The summed E-state index contributed by atoms with van der Waals surface area (Å²) in [5.74, 6) is 0.240. The fourth-order valence-corrected chi connectivity index (χ4v) is 0.584. The minimum Gasteiger partial charge on any atom is -0.515 e. The third kappa shape index (κ3) is 2.82. The first-order valence-corrected chi connectivity index (χ1v) is 3.47. The van der Waals surface area contributed by atoms with E-state index >= 15 is 0 Å². The zero-order valence-electron chi connectivity index (χ0n) is 6.66. The van der Waals surface area contributed by atoms with Gasteiger partial charge in [0.05, 0.1) is 11.8 Å². The first-order chi connectivity index (χ1) is 6.36. The van der Waals surface area contributed by atoms with Crippen LogP contribution in [0.25, 0.3) is 0 Å². The van der Waals surface area contributed by atoms with Crippen LogP contribution in [0, 0.1) is 0 Å². The summed E-state index contributed by atoms with van der Waals surface area (Å²) in [7, 11) is 0. The number of hydrogen-bond acceptors (Lipinski definition) is 5. The van der Waals surface area contributed by atoms with Crippen LogP contribution in [-0.2, 0) is 4.79 Å². The lowest BCUT2D eigenvalue weighted by Crippen LogP contribution is -1.86. The molecule has 1 aromatic rings. The molecule has 1 heterocycles. The summed E-state index contributed by atoms with van der Waals surface area (Å²) in [6.07, 6.45) is 5.39. The second kappa shape index (κ2) is 4.76. The van der Waals surface area contributed by atoms with Crippen LogP contribution in [0.1, 0.15) is 0 Å². The summed E-state index contributed by atoms with van der Waals surface area (Å²) in [6, 6.07) is 1.65. The van der Waals surface area contributed by atoms with Crippen molar-refractivity contribution in [1.82, 2.24) is 9.97 Å². The predicted octanol–water partition coefficient (Wildman–Crippen LogP) is 0.820. The molecule has 5 nitrogen and oxygen atoms in total. The molecule has 0 atom stereocenters. The standard InChI is InChI=1S/C8H7N3O2/c12-5-7(6-13)4-11-8-9-2-1-3-10-8/h1-6,12H/b7-5-,11-4+. The fourth-order valence-electron chi connectivity index (χ4n) is 0.584. The highest BCUT2D eigenvalue weighted by atomic mass is 16.2. The Morgan fingerprint density at radius 1 is 1.46 bits per heavy atom. The average Bonchev–Trinajstić information content (AvgIpc) is 2.21. The quantitative estimate of drug-likeness (QED) is 0.321. The van der Waals surface area contributed by atoms with E-state index in [1.165, 1.54) is 18.6 Å². The van der Waals surface area contributed by atoms with Crippen molar-refractivity contribution in [2.75, 3.05) is 0 Å². The summed E-state index contributed by atoms with van der Waals surface area (Å²) in [4.78, 5) is 21.5. The van der Waals surface area contributed by atoms with Gasteiger partial charge in [-0.3, -0.25) is 4.79 Å². The number of aromatic nitrogens is 2. The number of aliphatic imine (C=N–C) groups is 1. The molecule has 0 bridgehead atoms. The highest BCUT2D eigenvalue weighted by Gasteiger charge is 1.90. The number of allylic oxidation sites excluding steroid dienone is 1. The molecule has 0 aromatic carbocycles. The van der Waals surface area contributed by atoms with E-state index in [0.29, 0.717) is 12.5 Å². The lowest BCUT2D eigenvalue weighted by molar-refractivity contribution is -0.104. The van der Waals surface area contributed by atoms with Crippen molar-refractivity contribution in [3.05, 3.63) is 30.3 Å². The Hall–Kier alpha value is -2.04. The SMILES string of the molecule is O=CC(=C\O)/C=N/c1ncccn1. The monoisotopic (exact) mass is 177 g/mol. The van der Waals surface area contributed by atoms with Gasteiger partial charge in [-0.1, -0.05) is 0 Å². The Bertz CT molecular complexity index is 333. The molecule has 0 spiro atoms. The summed E-state index contributed by atoms with van der Waals surface area (Å²) in [6.45, 7) is 0. The van der Waals surface area contributed by atoms with Crippen LogP contribution in [0.3, 0.4) is 0 Å². The van der Waals surface area contributed by atoms with E-state index in [0.717, 1.165) is 0 Å². The minimum absolute atomic E-state index is 0.0625. The molecule has 0 unspecified atom stereocenters. The van der Waals surface area contributed by atoms with Crippen LogP contribution in [0.15, 0.2) is 35.3 Å². The van der Waals surface area contributed by atoms with Crippen molar-refractivity contribution in [3.63, 3.8) is 0 Å². The van der Waals surface area contributed by atoms with Crippen molar-refractivity contribution in [3.8, 4) is 0 Å². The first-order valence-electron chi connectivity index (χ1n) is 3.47. The predicted molar refractivity (Wildman–Crippen MR) is 47.0 cm³/mol. The van der Waals surface area contributed by atoms with Gasteiger partial charge in [0.1, 0.15) is 0 Å². The van der Waals surface area contributed by atoms with Gasteiger partial charge in [-0.2, -0.15) is 0 Å². The molecule has 0 aliphatic rings. The number of carbonyl (C=O) groups excluding carboxylic acids is 1. The lowest BCUT2D eigenvalue weighted by atomic mass is 10.4. The first kappa shape index (κ1) is 9.05. The van der Waals surface area contributed by atoms with Gasteiger partial charge in [0.25, 0.3) is 0 Å². The van der Waals surface area contributed by atoms with E-state index in [9.17, 15) is 4.79 Å². The molecule has 1 rings (SSSR count). The topological polar surface area (TPSA) is 75.4 Å². The summed E-state index contributed by atoms with van der Waals surface area (Å²) < 4.78 is 0. The second-order valence-electron chi connectivity index (χ2n) is 2.05. The largest absolute Gasteiger partial charge is 0.515 e. The van der Waals surface area contributed by atoms with Crippen LogP contribution in [0.2, 0.25) is 0 Å². The smallest absolute Gasteiger partial charge is 0.249 e. The third-order valence-electron chi connectivity index (χ3n) is 1.17. The van der Waals surface area contributed by atoms with E-state index in [4.69, 9.17) is 5.11 Å². The Balaban J connectivity index is 2.74. The van der Waals surface area contributed by atoms with E-state index < -0.39 is 0 Å². The summed E-state index contributed by atoms with van der Waals surface area (Å²) >= 11 is 0.